The average molecular weight is 310 g/mol. The molecule has 14 heavy (non-hydrogen) atoms. The Morgan fingerprint density at radius 3 is 2.64 bits per heavy atom. The molecule has 2 nitrogen and oxygen atoms in total. The zero-order valence-electron chi connectivity index (χ0n) is 6.91. The van der Waals surface area contributed by atoms with E-state index in [1.54, 1.807) is 17.4 Å². The third kappa shape index (κ3) is 1.37. The normalized spacial score (nSPS) is 9.64. The van der Waals surface area contributed by atoms with Gasteiger partial charge in [0.15, 0.2) is 0 Å². The van der Waals surface area contributed by atoms with Crippen LogP contribution in [0.15, 0.2) is 18.2 Å². The summed E-state index contributed by atoms with van der Waals surface area (Å²) in [5.74, 6) is 0. The van der Waals surface area contributed by atoms with Gasteiger partial charge in [0, 0.05) is 10.1 Å². The lowest BCUT2D eigenvalue weighted by Gasteiger charge is -1.89. The SMILES string of the molecule is N#Cc1ccc2c(C#N)c(I)sc2c1. The minimum Gasteiger partial charge on any atom is -0.192 e. The van der Waals surface area contributed by atoms with Crippen LogP contribution in [0.3, 0.4) is 0 Å². The number of thiophene rings is 1. The highest BCUT2D eigenvalue weighted by atomic mass is 127. The number of hydrogen-bond acceptors (Lipinski definition) is 3. The first kappa shape index (κ1) is 9.45. The minimum atomic E-state index is 0.639. The van der Waals surface area contributed by atoms with Gasteiger partial charge >= 0.3 is 0 Å². The smallest absolute Gasteiger partial charge is 0.102 e. The van der Waals surface area contributed by atoms with Gasteiger partial charge in [-0.1, -0.05) is 6.07 Å². The van der Waals surface area contributed by atoms with Crippen molar-refractivity contribution < 1.29 is 0 Å². The predicted octanol–water partition coefficient (Wildman–Crippen LogP) is 3.25. The summed E-state index contributed by atoms with van der Waals surface area (Å²) in [5.41, 5.74) is 1.36. The molecule has 0 amide bonds. The van der Waals surface area contributed by atoms with Gasteiger partial charge in [0.2, 0.25) is 0 Å². The van der Waals surface area contributed by atoms with Crippen molar-refractivity contribution in [1.82, 2.24) is 0 Å². The molecule has 1 aromatic heterocycles. The number of rotatable bonds is 0. The Bertz CT molecular complexity index is 586. The number of nitriles is 2. The van der Waals surface area contributed by atoms with E-state index >= 15 is 0 Å². The summed E-state index contributed by atoms with van der Waals surface area (Å²) in [5, 5.41) is 18.6. The Balaban J connectivity index is 2.84. The summed E-state index contributed by atoms with van der Waals surface area (Å²) >= 11 is 3.70. The van der Waals surface area contributed by atoms with Crippen LogP contribution >= 0.6 is 33.9 Å². The van der Waals surface area contributed by atoms with Crippen LogP contribution in [-0.4, -0.2) is 0 Å². The van der Waals surface area contributed by atoms with Gasteiger partial charge in [0.25, 0.3) is 0 Å². The van der Waals surface area contributed by atoms with E-state index in [0.29, 0.717) is 5.56 Å². The number of fused-ring (bicyclic) bond motifs is 1. The number of benzene rings is 1. The highest BCUT2D eigenvalue weighted by Gasteiger charge is 2.09. The van der Waals surface area contributed by atoms with Crippen molar-refractivity contribution >= 4 is 44.0 Å². The topological polar surface area (TPSA) is 47.6 Å². The molecule has 2 rings (SSSR count). The zero-order valence-corrected chi connectivity index (χ0v) is 9.89. The van der Waals surface area contributed by atoms with Crippen LogP contribution in [0.1, 0.15) is 11.1 Å². The highest BCUT2D eigenvalue weighted by Crippen LogP contribution is 2.32. The van der Waals surface area contributed by atoms with Crippen LogP contribution in [0.5, 0.6) is 0 Å². The van der Waals surface area contributed by atoms with Crippen LogP contribution in [0.25, 0.3) is 10.1 Å². The Morgan fingerprint density at radius 2 is 2.00 bits per heavy atom. The lowest BCUT2D eigenvalue weighted by molar-refractivity contribution is 1.49. The van der Waals surface area contributed by atoms with E-state index < -0.39 is 0 Å². The van der Waals surface area contributed by atoms with E-state index in [0.717, 1.165) is 18.5 Å². The summed E-state index contributed by atoms with van der Waals surface area (Å²) in [6.45, 7) is 0. The van der Waals surface area contributed by atoms with Crippen LogP contribution in [-0.2, 0) is 0 Å². The van der Waals surface area contributed by atoms with E-state index in [1.165, 1.54) is 0 Å². The molecule has 0 spiro atoms. The van der Waals surface area contributed by atoms with Gasteiger partial charge in [-0.25, -0.2) is 0 Å². The largest absolute Gasteiger partial charge is 0.192 e. The predicted molar refractivity (Wildman–Crippen MR) is 64.0 cm³/mol. The molecule has 0 radical (unpaired) electrons. The van der Waals surface area contributed by atoms with Crippen LogP contribution < -0.4 is 0 Å². The van der Waals surface area contributed by atoms with Crippen molar-refractivity contribution in [2.75, 3.05) is 0 Å². The second-order valence-corrected chi connectivity index (χ2v) is 5.55. The molecule has 2 aromatic rings. The second kappa shape index (κ2) is 3.56. The van der Waals surface area contributed by atoms with Gasteiger partial charge in [-0.05, 0) is 34.7 Å². The molecule has 0 atom stereocenters. The van der Waals surface area contributed by atoms with Crippen LogP contribution in [0.4, 0.5) is 0 Å². The average Bonchev–Trinajstić information content (AvgIpc) is 2.51. The molecule has 0 N–H and O–H groups in total. The Hall–Kier alpha value is -1.11. The lowest BCUT2D eigenvalue weighted by atomic mass is 10.1. The molecule has 0 saturated carbocycles. The maximum atomic E-state index is 8.92. The van der Waals surface area contributed by atoms with Gasteiger partial charge in [0.1, 0.15) is 6.07 Å². The summed E-state index contributed by atoms with van der Waals surface area (Å²) in [7, 11) is 0. The molecule has 4 heteroatoms. The molecule has 0 fully saturated rings. The maximum absolute atomic E-state index is 8.92. The Kier molecular flexibility index (Phi) is 2.40. The molecule has 0 aliphatic rings. The van der Waals surface area contributed by atoms with Crippen molar-refractivity contribution in [2.45, 2.75) is 0 Å². The maximum Gasteiger partial charge on any atom is 0.102 e. The van der Waals surface area contributed by atoms with Gasteiger partial charge in [0.05, 0.1) is 20.1 Å². The van der Waals surface area contributed by atoms with Crippen molar-refractivity contribution in [1.29, 1.82) is 10.5 Å². The first-order chi connectivity index (χ1) is 6.76. The van der Waals surface area contributed by atoms with Crippen molar-refractivity contribution in [3.05, 3.63) is 32.2 Å². The zero-order chi connectivity index (χ0) is 10.1. The molecule has 0 unspecified atom stereocenters. The van der Waals surface area contributed by atoms with Gasteiger partial charge < -0.3 is 0 Å². The summed E-state index contributed by atoms with van der Waals surface area (Å²) in [4.78, 5) is 0. The third-order valence-electron chi connectivity index (χ3n) is 1.89. The van der Waals surface area contributed by atoms with Crippen LogP contribution in [0.2, 0.25) is 0 Å². The Morgan fingerprint density at radius 1 is 1.21 bits per heavy atom. The second-order valence-electron chi connectivity index (χ2n) is 2.69. The summed E-state index contributed by atoms with van der Waals surface area (Å²) in [6.07, 6.45) is 0. The van der Waals surface area contributed by atoms with Gasteiger partial charge in [-0.15, -0.1) is 11.3 Å². The molecule has 0 bridgehead atoms. The molecular weight excluding hydrogens is 307 g/mol. The van der Waals surface area contributed by atoms with Crippen molar-refractivity contribution in [3.8, 4) is 12.1 Å². The first-order valence-corrected chi connectivity index (χ1v) is 5.68. The number of halogens is 1. The fraction of sp³-hybridized carbons (Fsp3) is 0. The molecular formula is C10H3IN2S. The number of nitrogens with zero attached hydrogens (tertiary/aromatic N) is 2. The van der Waals surface area contributed by atoms with E-state index in [2.05, 4.69) is 34.7 Å². The first-order valence-electron chi connectivity index (χ1n) is 3.78. The van der Waals surface area contributed by atoms with Crippen molar-refractivity contribution in [3.63, 3.8) is 0 Å². The lowest BCUT2D eigenvalue weighted by Crippen LogP contribution is -1.74. The van der Waals surface area contributed by atoms with Crippen LogP contribution in [0, 0.1) is 25.5 Å². The van der Waals surface area contributed by atoms with E-state index in [9.17, 15) is 0 Å². The number of hydrogen-bond donors (Lipinski definition) is 0. The standard InChI is InChI=1S/C10H3IN2S/c11-10-8(5-13)7-2-1-6(4-12)3-9(7)14-10/h1-3H. The minimum absolute atomic E-state index is 0.639. The van der Waals surface area contributed by atoms with Gasteiger partial charge in [-0.3, -0.25) is 0 Å². The fourth-order valence-corrected chi connectivity index (χ4v) is 3.28. The molecule has 0 saturated heterocycles. The Labute approximate surface area is 98.5 Å². The molecule has 0 aliphatic heterocycles. The summed E-state index contributed by atoms with van der Waals surface area (Å²) in [6, 6.07) is 9.67. The van der Waals surface area contributed by atoms with Crippen molar-refractivity contribution in [2.24, 2.45) is 0 Å². The summed E-state index contributed by atoms with van der Waals surface area (Å²) < 4.78 is 1.99. The fourth-order valence-electron chi connectivity index (χ4n) is 1.24. The monoisotopic (exact) mass is 310 g/mol. The third-order valence-corrected chi connectivity index (χ3v) is 4.03. The quantitative estimate of drug-likeness (QED) is 0.701. The van der Waals surface area contributed by atoms with E-state index in [4.69, 9.17) is 10.5 Å². The van der Waals surface area contributed by atoms with E-state index in [1.807, 2.05) is 12.1 Å². The highest BCUT2D eigenvalue weighted by molar-refractivity contribution is 14.1. The molecule has 1 heterocycles. The van der Waals surface area contributed by atoms with E-state index in [-0.39, 0.29) is 0 Å². The molecule has 66 valence electrons. The van der Waals surface area contributed by atoms with Gasteiger partial charge in [-0.2, -0.15) is 10.5 Å². The molecule has 0 aliphatic carbocycles. The molecule has 1 aromatic carbocycles.